The number of fused-ring (bicyclic) bond motifs is 1. The summed E-state index contributed by atoms with van der Waals surface area (Å²) in [5.74, 6) is 0.375. The lowest BCUT2D eigenvalue weighted by atomic mass is 10.2. The molecule has 0 spiro atoms. The van der Waals surface area contributed by atoms with Gasteiger partial charge in [0.2, 0.25) is 0 Å². The lowest BCUT2D eigenvalue weighted by Crippen LogP contribution is -2.23. The molecule has 0 aliphatic heterocycles. The molecule has 0 aliphatic rings. The van der Waals surface area contributed by atoms with Crippen molar-refractivity contribution in [3.8, 4) is 0 Å². The standard InChI is InChI=1S/C11H9N5OS3/c1-18-10-13-14-11(20-10)19-6-16-9(17)7-4-2-3-5-8(7)12-15-16/h2-5H,6H2,1H3. The van der Waals surface area contributed by atoms with Crippen LogP contribution in [0, 0.1) is 0 Å². The molecule has 6 nitrogen and oxygen atoms in total. The highest BCUT2D eigenvalue weighted by atomic mass is 32.2. The molecule has 0 atom stereocenters. The molecule has 0 radical (unpaired) electrons. The second-order valence-corrected chi connectivity index (χ2v) is 6.95. The third-order valence-electron chi connectivity index (χ3n) is 2.50. The minimum Gasteiger partial charge on any atom is -0.267 e. The maximum absolute atomic E-state index is 12.2. The molecule has 20 heavy (non-hydrogen) atoms. The Bertz CT molecular complexity index is 800. The first kappa shape index (κ1) is 13.5. The number of hydrogen-bond donors (Lipinski definition) is 0. The molecular weight excluding hydrogens is 314 g/mol. The fourth-order valence-electron chi connectivity index (χ4n) is 1.56. The molecule has 1 aromatic carbocycles. The molecule has 0 N–H and O–H groups in total. The molecule has 0 fully saturated rings. The molecule has 102 valence electrons. The second-order valence-electron chi connectivity index (χ2n) is 3.72. The number of benzene rings is 1. The molecule has 0 saturated carbocycles. The molecule has 3 aromatic rings. The maximum Gasteiger partial charge on any atom is 0.278 e. The van der Waals surface area contributed by atoms with Crippen LogP contribution in [0.4, 0.5) is 0 Å². The Morgan fingerprint density at radius 2 is 2.00 bits per heavy atom. The molecule has 2 heterocycles. The van der Waals surface area contributed by atoms with Crippen molar-refractivity contribution in [3.05, 3.63) is 34.6 Å². The van der Waals surface area contributed by atoms with Gasteiger partial charge in [-0.2, -0.15) is 4.68 Å². The number of rotatable bonds is 4. The fourth-order valence-corrected chi connectivity index (χ4v) is 3.86. The summed E-state index contributed by atoms with van der Waals surface area (Å²) in [4.78, 5) is 12.2. The van der Waals surface area contributed by atoms with Crippen molar-refractivity contribution >= 4 is 45.8 Å². The summed E-state index contributed by atoms with van der Waals surface area (Å²) in [6, 6.07) is 7.18. The van der Waals surface area contributed by atoms with Gasteiger partial charge in [-0.1, -0.05) is 52.2 Å². The average molecular weight is 323 g/mol. The third-order valence-corrected chi connectivity index (χ3v) is 5.50. The Balaban J connectivity index is 1.84. The smallest absolute Gasteiger partial charge is 0.267 e. The lowest BCUT2D eigenvalue weighted by Gasteiger charge is -2.02. The normalized spacial score (nSPS) is 11.1. The van der Waals surface area contributed by atoms with E-state index in [1.54, 1.807) is 23.9 Å². The van der Waals surface area contributed by atoms with Crippen molar-refractivity contribution in [2.24, 2.45) is 0 Å². The molecular formula is C11H9N5OS3. The van der Waals surface area contributed by atoms with Gasteiger partial charge in [0.25, 0.3) is 5.56 Å². The van der Waals surface area contributed by atoms with Crippen LogP contribution < -0.4 is 5.56 Å². The van der Waals surface area contributed by atoms with Gasteiger partial charge in [-0.25, -0.2) is 0 Å². The fraction of sp³-hybridized carbons (Fsp3) is 0.182. The molecule has 9 heteroatoms. The zero-order valence-corrected chi connectivity index (χ0v) is 12.8. The monoisotopic (exact) mass is 323 g/mol. The number of aromatic nitrogens is 5. The molecule has 0 unspecified atom stereocenters. The average Bonchev–Trinajstić information content (AvgIpc) is 2.95. The van der Waals surface area contributed by atoms with Crippen molar-refractivity contribution in [1.82, 2.24) is 25.2 Å². The van der Waals surface area contributed by atoms with E-state index in [1.165, 1.54) is 27.8 Å². The summed E-state index contributed by atoms with van der Waals surface area (Å²) < 4.78 is 3.06. The first-order valence-corrected chi connectivity index (χ1v) is 8.63. The maximum atomic E-state index is 12.2. The molecule has 0 bridgehead atoms. The van der Waals surface area contributed by atoms with Gasteiger partial charge in [0.05, 0.1) is 11.3 Å². The van der Waals surface area contributed by atoms with E-state index in [0.717, 1.165) is 8.68 Å². The number of nitrogens with zero attached hydrogens (tertiary/aromatic N) is 5. The van der Waals surface area contributed by atoms with Crippen LogP contribution in [-0.4, -0.2) is 31.4 Å². The van der Waals surface area contributed by atoms with E-state index >= 15 is 0 Å². The Morgan fingerprint density at radius 3 is 2.80 bits per heavy atom. The van der Waals surface area contributed by atoms with Crippen LogP contribution in [0.2, 0.25) is 0 Å². The first-order chi connectivity index (χ1) is 9.78. The first-order valence-electron chi connectivity index (χ1n) is 5.61. The van der Waals surface area contributed by atoms with E-state index in [2.05, 4.69) is 20.5 Å². The lowest BCUT2D eigenvalue weighted by molar-refractivity contribution is 0.644. The van der Waals surface area contributed by atoms with Gasteiger partial charge < -0.3 is 0 Å². The Labute approximate surface area is 126 Å². The van der Waals surface area contributed by atoms with Gasteiger partial charge in [-0.3, -0.25) is 4.79 Å². The Hall–Kier alpha value is -1.45. The second kappa shape index (κ2) is 5.90. The quantitative estimate of drug-likeness (QED) is 0.681. The van der Waals surface area contributed by atoms with Crippen molar-refractivity contribution in [1.29, 1.82) is 0 Å². The van der Waals surface area contributed by atoms with Crippen LogP contribution in [0.1, 0.15) is 0 Å². The van der Waals surface area contributed by atoms with Crippen molar-refractivity contribution in [3.63, 3.8) is 0 Å². The van der Waals surface area contributed by atoms with E-state index < -0.39 is 0 Å². The van der Waals surface area contributed by atoms with E-state index in [1.807, 2.05) is 18.4 Å². The Kier molecular flexibility index (Phi) is 3.99. The third kappa shape index (κ3) is 2.69. The summed E-state index contributed by atoms with van der Waals surface area (Å²) in [6.45, 7) is 0. The SMILES string of the molecule is CSc1nnc(SCn2nnc3ccccc3c2=O)s1. The van der Waals surface area contributed by atoms with Gasteiger partial charge >= 0.3 is 0 Å². The summed E-state index contributed by atoms with van der Waals surface area (Å²) in [7, 11) is 0. The summed E-state index contributed by atoms with van der Waals surface area (Å²) in [6.07, 6.45) is 1.95. The molecule has 0 amide bonds. The molecule has 2 aromatic heterocycles. The van der Waals surface area contributed by atoms with Crippen LogP contribution >= 0.6 is 34.9 Å². The van der Waals surface area contributed by atoms with Gasteiger partial charge in [-0.15, -0.1) is 15.3 Å². The predicted octanol–water partition coefficient (Wildman–Crippen LogP) is 2.11. The van der Waals surface area contributed by atoms with Crippen molar-refractivity contribution in [2.75, 3.05) is 6.26 Å². The minimum absolute atomic E-state index is 0.141. The highest BCUT2D eigenvalue weighted by molar-refractivity contribution is 8.02. The highest BCUT2D eigenvalue weighted by Crippen LogP contribution is 2.27. The van der Waals surface area contributed by atoms with Gasteiger partial charge in [0, 0.05) is 0 Å². The topological polar surface area (TPSA) is 73.6 Å². The van der Waals surface area contributed by atoms with Crippen molar-refractivity contribution < 1.29 is 0 Å². The number of thioether (sulfide) groups is 2. The predicted molar refractivity (Wildman–Crippen MR) is 81.3 cm³/mol. The zero-order chi connectivity index (χ0) is 13.9. The minimum atomic E-state index is -0.141. The van der Waals surface area contributed by atoms with Crippen LogP contribution in [0.25, 0.3) is 10.9 Å². The summed E-state index contributed by atoms with van der Waals surface area (Å²) >= 11 is 4.48. The van der Waals surface area contributed by atoms with Gasteiger partial charge in [-0.05, 0) is 18.4 Å². The zero-order valence-electron chi connectivity index (χ0n) is 10.4. The molecule has 0 saturated heterocycles. The van der Waals surface area contributed by atoms with E-state index in [-0.39, 0.29) is 5.56 Å². The van der Waals surface area contributed by atoms with E-state index in [4.69, 9.17) is 0 Å². The van der Waals surface area contributed by atoms with E-state index in [9.17, 15) is 4.79 Å². The number of hydrogen-bond acceptors (Lipinski definition) is 8. The Morgan fingerprint density at radius 1 is 1.20 bits per heavy atom. The van der Waals surface area contributed by atoms with Crippen LogP contribution in [0.5, 0.6) is 0 Å². The summed E-state index contributed by atoms with van der Waals surface area (Å²) in [5, 5.41) is 16.6. The van der Waals surface area contributed by atoms with Crippen LogP contribution in [-0.2, 0) is 5.88 Å². The van der Waals surface area contributed by atoms with Gasteiger partial charge in [0.1, 0.15) is 5.52 Å². The van der Waals surface area contributed by atoms with E-state index in [0.29, 0.717) is 16.8 Å². The molecule has 3 rings (SSSR count). The van der Waals surface area contributed by atoms with Crippen LogP contribution in [0.15, 0.2) is 37.7 Å². The van der Waals surface area contributed by atoms with Crippen LogP contribution in [0.3, 0.4) is 0 Å². The largest absolute Gasteiger partial charge is 0.278 e. The summed E-state index contributed by atoms with van der Waals surface area (Å²) in [5.41, 5.74) is 0.469. The highest BCUT2D eigenvalue weighted by Gasteiger charge is 2.08. The van der Waals surface area contributed by atoms with Crippen molar-refractivity contribution in [2.45, 2.75) is 14.6 Å². The molecule has 0 aliphatic carbocycles. The van der Waals surface area contributed by atoms with Gasteiger partial charge in [0.15, 0.2) is 8.68 Å².